The summed E-state index contributed by atoms with van der Waals surface area (Å²) >= 11 is 0. The van der Waals surface area contributed by atoms with E-state index in [0.29, 0.717) is 22.8 Å². The average molecular weight is 560 g/mol. The normalized spacial score (nSPS) is 11.2. The first-order valence-corrected chi connectivity index (χ1v) is 13.7. The smallest absolute Gasteiger partial charge is 0.273 e. The number of benzene rings is 4. The Balaban J connectivity index is 1.68. The Hall–Kier alpha value is -4.83. The Kier molecular flexibility index (Phi) is 9.03. The summed E-state index contributed by atoms with van der Waals surface area (Å²) in [6.07, 6.45) is 1.44. The monoisotopic (exact) mass is 559 g/mol. The molecule has 0 atom stereocenters. The van der Waals surface area contributed by atoms with Gasteiger partial charge < -0.3 is 14.2 Å². The van der Waals surface area contributed by atoms with Crippen LogP contribution in [0.15, 0.2) is 107 Å². The maximum atomic E-state index is 13.9. The molecule has 0 heterocycles. The van der Waals surface area contributed by atoms with Crippen molar-refractivity contribution in [3.05, 3.63) is 114 Å². The van der Waals surface area contributed by atoms with Crippen LogP contribution in [0.4, 0.5) is 5.69 Å². The minimum Gasteiger partial charge on any atom is -0.497 e. The number of ether oxygens (including phenoxy) is 3. The standard InChI is InChI=1S/C30H29N3O6S/c1-37-24-15-17-26(18-16-24)40(35,36)33(21-22-9-5-4-6-10-22)28-12-8-7-11-27(28)30(34)32-31-20-23-13-14-25(38-2)19-29(23)39-3/h4-20H,21H2,1-3H3,(H,32,34)/b31-20+. The van der Waals surface area contributed by atoms with Crippen LogP contribution in [-0.2, 0) is 16.6 Å². The van der Waals surface area contributed by atoms with Crippen molar-refractivity contribution in [2.45, 2.75) is 11.4 Å². The molecule has 0 aromatic heterocycles. The van der Waals surface area contributed by atoms with Gasteiger partial charge in [0.15, 0.2) is 0 Å². The number of hydrogen-bond acceptors (Lipinski definition) is 7. The van der Waals surface area contributed by atoms with Crippen molar-refractivity contribution in [3.8, 4) is 17.2 Å². The maximum Gasteiger partial charge on any atom is 0.273 e. The highest BCUT2D eigenvalue weighted by Gasteiger charge is 2.28. The molecule has 40 heavy (non-hydrogen) atoms. The second-order valence-corrected chi connectivity index (χ2v) is 10.4. The van der Waals surface area contributed by atoms with E-state index in [1.807, 2.05) is 30.3 Å². The first-order chi connectivity index (χ1) is 19.4. The summed E-state index contributed by atoms with van der Waals surface area (Å²) < 4.78 is 44.8. The van der Waals surface area contributed by atoms with Crippen LogP contribution in [0.5, 0.6) is 17.2 Å². The zero-order valence-corrected chi connectivity index (χ0v) is 23.1. The first-order valence-electron chi connectivity index (χ1n) is 12.2. The number of methoxy groups -OCH3 is 3. The van der Waals surface area contributed by atoms with Crippen molar-refractivity contribution in [1.82, 2.24) is 5.43 Å². The molecule has 9 nitrogen and oxygen atoms in total. The summed E-state index contributed by atoms with van der Waals surface area (Å²) in [4.78, 5) is 13.4. The van der Waals surface area contributed by atoms with Crippen LogP contribution in [-0.4, -0.2) is 41.9 Å². The molecule has 1 N–H and O–H groups in total. The number of carbonyl (C=O) groups is 1. The predicted octanol–water partition coefficient (Wildman–Crippen LogP) is 4.87. The van der Waals surface area contributed by atoms with E-state index < -0.39 is 15.9 Å². The van der Waals surface area contributed by atoms with Crippen LogP contribution in [0.25, 0.3) is 0 Å². The van der Waals surface area contributed by atoms with Gasteiger partial charge in [0.25, 0.3) is 15.9 Å². The lowest BCUT2D eigenvalue weighted by Crippen LogP contribution is -2.33. The second-order valence-electron chi connectivity index (χ2n) is 8.50. The lowest BCUT2D eigenvalue weighted by Gasteiger charge is -2.26. The molecule has 4 aromatic carbocycles. The molecule has 0 aliphatic rings. The van der Waals surface area contributed by atoms with Gasteiger partial charge in [-0.15, -0.1) is 0 Å². The number of anilines is 1. The second kappa shape index (κ2) is 12.8. The van der Waals surface area contributed by atoms with Crippen LogP contribution < -0.4 is 23.9 Å². The number of hydrazone groups is 1. The fourth-order valence-corrected chi connectivity index (χ4v) is 5.42. The number of rotatable bonds is 11. The molecule has 0 saturated carbocycles. The van der Waals surface area contributed by atoms with Gasteiger partial charge in [-0.3, -0.25) is 9.10 Å². The molecule has 0 fully saturated rings. The average Bonchev–Trinajstić information content (AvgIpc) is 3.00. The van der Waals surface area contributed by atoms with E-state index in [1.165, 1.54) is 36.9 Å². The lowest BCUT2D eigenvalue weighted by atomic mass is 10.1. The summed E-state index contributed by atoms with van der Waals surface area (Å²) in [5.41, 5.74) is 4.20. The van der Waals surface area contributed by atoms with E-state index >= 15 is 0 Å². The zero-order chi connectivity index (χ0) is 28.5. The topological polar surface area (TPSA) is 107 Å². The van der Waals surface area contributed by atoms with E-state index in [1.54, 1.807) is 61.7 Å². The third-order valence-electron chi connectivity index (χ3n) is 6.04. The Morgan fingerprint density at radius 2 is 1.48 bits per heavy atom. The van der Waals surface area contributed by atoms with E-state index in [4.69, 9.17) is 14.2 Å². The molecule has 0 unspecified atom stereocenters. The summed E-state index contributed by atoms with van der Waals surface area (Å²) in [5.74, 6) is 1.07. The van der Waals surface area contributed by atoms with Gasteiger partial charge in [-0.25, -0.2) is 13.8 Å². The van der Waals surface area contributed by atoms with Crippen LogP contribution in [0.2, 0.25) is 0 Å². The Morgan fingerprint density at radius 1 is 0.825 bits per heavy atom. The number of amides is 1. The summed E-state index contributed by atoms with van der Waals surface area (Å²) in [6, 6.07) is 26.9. The van der Waals surface area contributed by atoms with Gasteiger partial charge in [0.05, 0.1) is 50.2 Å². The van der Waals surface area contributed by atoms with Gasteiger partial charge >= 0.3 is 0 Å². The maximum absolute atomic E-state index is 13.9. The van der Waals surface area contributed by atoms with Crippen molar-refractivity contribution < 1.29 is 27.4 Å². The lowest BCUT2D eigenvalue weighted by molar-refractivity contribution is 0.0955. The fourth-order valence-electron chi connectivity index (χ4n) is 3.95. The molecular weight excluding hydrogens is 530 g/mol. The number of nitrogens with one attached hydrogen (secondary N) is 1. The zero-order valence-electron chi connectivity index (χ0n) is 22.3. The summed E-state index contributed by atoms with van der Waals surface area (Å²) in [7, 11) is 0.497. The quantitative estimate of drug-likeness (QED) is 0.208. The Morgan fingerprint density at radius 3 is 2.15 bits per heavy atom. The number of nitrogens with zero attached hydrogens (tertiary/aromatic N) is 2. The number of hydrogen-bond donors (Lipinski definition) is 1. The molecule has 0 saturated heterocycles. The van der Waals surface area contributed by atoms with Gasteiger partial charge in [0.2, 0.25) is 0 Å². The van der Waals surface area contributed by atoms with Gasteiger partial charge in [-0.2, -0.15) is 5.10 Å². The van der Waals surface area contributed by atoms with Crippen LogP contribution >= 0.6 is 0 Å². The molecule has 4 rings (SSSR count). The number of para-hydroxylation sites is 1. The highest BCUT2D eigenvalue weighted by Crippen LogP contribution is 2.30. The van der Waals surface area contributed by atoms with Gasteiger partial charge in [0, 0.05) is 11.6 Å². The highest BCUT2D eigenvalue weighted by molar-refractivity contribution is 7.92. The molecule has 1 amide bonds. The van der Waals surface area contributed by atoms with E-state index in [2.05, 4.69) is 10.5 Å². The summed E-state index contributed by atoms with van der Waals surface area (Å²) in [5, 5.41) is 4.08. The largest absolute Gasteiger partial charge is 0.497 e. The fraction of sp³-hybridized carbons (Fsp3) is 0.133. The molecule has 10 heteroatoms. The SMILES string of the molecule is COc1ccc(S(=O)(=O)N(Cc2ccccc2)c2ccccc2C(=O)N/N=C/c2ccc(OC)cc2OC)cc1. The first kappa shape index (κ1) is 28.2. The molecule has 0 aliphatic heterocycles. The highest BCUT2D eigenvalue weighted by atomic mass is 32.2. The van der Waals surface area contributed by atoms with Crippen LogP contribution in [0.1, 0.15) is 21.5 Å². The number of carbonyl (C=O) groups excluding carboxylic acids is 1. The summed E-state index contributed by atoms with van der Waals surface area (Å²) in [6.45, 7) is 0.00576. The van der Waals surface area contributed by atoms with Crippen molar-refractivity contribution >= 4 is 27.8 Å². The van der Waals surface area contributed by atoms with Gasteiger partial charge in [-0.05, 0) is 54.1 Å². The molecule has 4 aromatic rings. The predicted molar refractivity (Wildman–Crippen MR) is 154 cm³/mol. The molecule has 0 spiro atoms. The van der Waals surface area contributed by atoms with Gasteiger partial charge in [-0.1, -0.05) is 42.5 Å². The molecule has 0 aliphatic carbocycles. The molecule has 206 valence electrons. The van der Waals surface area contributed by atoms with E-state index in [-0.39, 0.29) is 22.7 Å². The van der Waals surface area contributed by atoms with Crippen LogP contribution in [0, 0.1) is 0 Å². The third kappa shape index (κ3) is 6.41. The Bertz CT molecular complexity index is 1590. The third-order valence-corrected chi connectivity index (χ3v) is 7.82. The van der Waals surface area contributed by atoms with Crippen LogP contribution in [0.3, 0.4) is 0 Å². The minimum absolute atomic E-state index is 0.00576. The van der Waals surface area contributed by atoms with Crippen molar-refractivity contribution in [2.75, 3.05) is 25.6 Å². The van der Waals surface area contributed by atoms with Crippen molar-refractivity contribution in [1.29, 1.82) is 0 Å². The van der Waals surface area contributed by atoms with Crippen molar-refractivity contribution in [2.24, 2.45) is 5.10 Å². The number of sulfonamides is 1. The van der Waals surface area contributed by atoms with Crippen molar-refractivity contribution in [3.63, 3.8) is 0 Å². The minimum atomic E-state index is -4.08. The van der Waals surface area contributed by atoms with E-state index in [9.17, 15) is 13.2 Å². The molecule has 0 bridgehead atoms. The Labute approximate surface area is 233 Å². The molecule has 0 radical (unpaired) electrons. The van der Waals surface area contributed by atoms with E-state index in [0.717, 1.165) is 5.56 Å². The molecular formula is C30H29N3O6S. The van der Waals surface area contributed by atoms with Gasteiger partial charge in [0.1, 0.15) is 17.2 Å².